The largest absolute Gasteiger partial charge is 0.497 e. The van der Waals surface area contributed by atoms with Crippen LogP contribution < -0.4 is 4.74 Å². The lowest BCUT2D eigenvalue weighted by Gasteiger charge is -2.37. The van der Waals surface area contributed by atoms with Crippen LogP contribution in [-0.4, -0.2) is 57.2 Å². The van der Waals surface area contributed by atoms with E-state index in [9.17, 15) is 9.59 Å². The first-order valence-corrected chi connectivity index (χ1v) is 11.8. The first-order valence-electron chi connectivity index (χ1n) is 11.8. The second kappa shape index (κ2) is 11.1. The van der Waals surface area contributed by atoms with E-state index < -0.39 is 35.3 Å². The summed E-state index contributed by atoms with van der Waals surface area (Å²) in [6.07, 6.45) is -0.682. The van der Waals surface area contributed by atoms with Gasteiger partial charge in [0.2, 0.25) is 0 Å². The van der Waals surface area contributed by atoms with Gasteiger partial charge in [-0.05, 0) is 38.0 Å². The van der Waals surface area contributed by atoms with Crippen LogP contribution in [-0.2, 0) is 39.7 Å². The van der Waals surface area contributed by atoms with Crippen molar-refractivity contribution in [3.8, 4) is 5.75 Å². The molecule has 0 atom stereocenters. The van der Waals surface area contributed by atoms with Crippen molar-refractivity contribution in [1.29, 1.82) is 0 Å². The lowest BCUT2D eigenvalue weighted by atomic mass is 9.90. The fourth-order valence-corrected chi connectivity index (χ4v) is 3.90. The molecule has 194 valence electrons. The SMILES string of the molecule is COc1ccc(C2OCC(C)(C(=O)OC(=O)C3(C)COC(c4ccc(CCO)cc4)OC3)CO2)cc1. The molecule has 0 aliphatic carbocycles. The number of ether oxygens (including phenoxy) is 6. The third kappa shape index (κ3) is 5.77. The predicted molar refractivity (Wildman–Crippen MR) is 127 cm³/mol. The van der Waals surface area contributed by atoms with Gasteiger partial charge in [0.15, 0.2) is 12.6 Å². The number of hydrogen-bond donors (Lipinski definition) is 1. The van der Waals surface area contributed by atoms with Crippen molar-refractivity contribution in [2.75, 3.05) is 40.1 Å². The molecule has 2 aromatic rings. The highest BCUT2D eigenvalue weighted by atomic mass is 16.7. The average molecular weight is 501 g/mol. The second-order valence-electron chi connectivity index (χ2n) is 9.69. The Balaban J connectivity index is 1.29. The third-order valence-corrected chi connectivity index (χ3v) is 6.42. The second-order valence-corrected chi connectivity index (χ2v) is 9.69. The Morgan fingerprint density at radius 1 is 0.806 bits per heavy atom. The summed E-state index contributed by atoms with van der Waals surface area (Å²) in [7, 11) is 1.59. The maximum Gasteiger partial charge on any atom is 0.324 e. The lowest BCUT2D eigenvalue weighted by molar-refractivity contribution is -0.245. The number of carbonyl (C=O) groups excluding carboxylic acids is 2. The smallest absolute Gasteiger partial charge is 0.324 e. The van der Waals surface area contributed by atoms with Crippen LogP contribution in [0.3, 0.4) is 0 Å². The summed E-state index contributed by atoms with van der Waals surface area (Å²) in [5, 5.41) is 9.05. The van der Waals surface area contributed by atoms with E-state index in [0.29, 0.717) is 12.2 Å². The molecule has 9 nitrogen and oxygen atoms in total. The first kappa shape index (κ1) is 26.2. The standard InChI is InChI=1S/C27H32O9/c1-26(14-32-22(33-15-26)19-6-4-18(5-7-19)12-13-28)24(29)36-25(30)27(2)16-34-23(35-17-27)20-8-10-21(31-3)11-9-20/h4-11,22-23,28H,12-17H2,1-3H3. The Kier molecular flexibility index (Phi) is 8.07. The molecule has 0 unspecified atom stereocenters. The number of methoxy groups -OCH3 is 1. The van der Waals surface area contributed by atoms with Crippen LogP contribution in [0.1, 0.15) is 43.1 Å². The van der Waals surface area contributed by atoms with Gasteiger partial charge < -0.3 is 33.5 Å². The molecule has 1 N–H and O–H groups in total. The van der Waals surface area contributed by atoms with Gasteiger partial charge in [0.05, 0.1) is 33.5 Å². The molecule has 2 aliphatic rings. The van der Waals surface area contributed by atoms with Crippen LogP contribution in [0.4, 0.5) is 0 Å². The van der Waals surface area contributed by atoms with E-state index in [0.717, 1.165) is 16.7 Å². The zero-order valence-electron chi connectivity index (χ0n) is 20.7. The monoisotopic (exact) mass is 500 g/mol. The van der Waals surface area contributed by atoms with Gasteiger partial charge in [-0.2, -0.15) is 0 Å². The Hall–Kier alpha value is -2.82. The van der Waals surface area contributed by atoms with E-state index >= 15 is 0 Å². The number of hydrogen-bond acceptors (Lipinski definition) is 9. The summed E-state index contributed by atoms with van der Waals surface area (Å²) < 4.78 is 33.5. The molecule has 2 saturated heterocycles. The fraction of sp³-hybridized carbons (Fsp3) is 0.481. The Morgan fingerprint density at radius 3 is 1.61 bits per heavy atom. The highest BCUT2D eigenvalue weighted by molar-refractivity contribution is 5.91. The van der Waals surface area contributed by atoms with Gasteiger partial charge in [-0.1, -0.05) is 36.4 Å². The molecule has 36 heavy (non-hydrogen) atoms. The summed E-state index contributed by atoms with van der Waals surface area (Å²) in [6, 6.07) is 14.8. The minimum atomic E-state index is -1.14. The molecule has 2 aromatic carbocycles. The molecular weight excluding hydrogens is 468 g/mol. The van der Waals surface area contributed by atoms with Crippen LogP contribution >= 0.6 is 0 Å². The van der Waals surface area contributed by atoms with Crippen LogP contribution in [0.15, 0.2) is 48.5 Å². The van der Waals surface area contributed by atoms with Gasteiger partial charge in [0.1, 0.15) is 16.6 Å². The van der Waals surface area contributed by atoms with Crippen molar-refractivity contribution < 1.29 is 43.1 Å². The molecule has 9 heteroatoms. The normalized spacial score (nSPS) is 28.3. The zero-order chi connectivity index (χ0) is 25.8. The Labute approximate surface area is 210 Å². The number of benzene rings is 2. The van der Waals surface area contributed by atoms with E-state index in [4.69, 9.17) is 33.5 Å². The molecule has 0 aromatic heterocycles. The van der Waals surface area contributed by atoms with Crippen LogP contribution in [0, 0.1) is 10.8 Å². The van der Waals surface area contributed by atoms with Crippen molar-refractivity contribution in [3.63, 3.8) is 0 Å². The van der Waals surface area contributed by atoms with Crippen LogP contribution in [0.2, 0.25) is 0 Å². The van der Waals surface area contributed by atoms with Gasteiger partial charge in [0, 0.05) is 17.7 Å². The van der Waals surface area contributed by atoms with E-state index in [-0.39, 0.29) is 33.0 Å². The Bertz CT molecular complexity index is 1030. The molecule has 0 saturated carbocycles. The first-order chi connectivity index (χ1) is 17.3. The molecule has 4 rings (SSSR count). The minimum Gasteiger partial charge on any atom is -0.497 e. The Morgan fingerprint density at radius 2 is 1.22 bits per heavy atom. The van der Waals surface area contributed by atoms with E-state index in [1.165, 1.54) is 0 Å². The van der Waals surface area contributed by atoms with E-state index in [2.05, 4.69) is 0 Å². The molecule has 0 radical (unpaired) electrons. The maximum absolute atomic E-state index is 12.9. The van der Waals surface area contributed by atoms with Crippen molar-refractivity contribution in [2.24, 2.45) is 10.8 Å². The summed E-state index contributed by atoms with van der Waals surface area (Å²) in [6.45, 7) is 3.49. The van der Waals surface area contributed by atoms with Crippen molar-refractivity contribution in [3.05, 3.63) is 65.2 Å². The quantitative estimate of drug-likeness (QED) is 0.453. The molecule has 2 heterocycles. The fourth-order valence-electron chi connectivity index (χ4n) is 3.90. The molecule has 0 amide bonds. The predicted octanol–water partition coefficient (Wildman–Crippen LogP) is 3.10. The number of carbonyl (C=O) groups is 2. The molecule has 0 spiro atoms. The maximum atomic E-state index is 12.9. The zero-order valence-corrected chi connectivity index (χ0v) is 20.7. The van der Waals surface area contributed by atoms with Gasteiger partial charge in [-0.3, -0.25) is 9.59 Å². The molecule has 0 bridgehead atoms. The van der Waals surface area contributed by atoms with Crippen molar-refractivity contribution in [1.82, 2.24) is 0 Å². The van der Waals surface area contributed by atoms with Crippen LogP contribution in [0.5, 0.6) is 5.75 Å². The van der Waals surface area contributed by atoms with E-state index in [1.807, 2.05) is 36.4 Å². The number of rotatable bonds is 7. The van der Waals surface area contributed by atoms with E-state index in [1.54, 1.807) is 33.1 Å². The number of esters is 2. The number of aliphatic hydroxyl groups is 1. The molecular formula is C27H32O9. The molecule has 2 aliphatic heterocycles. The van der Waals surface area contributed by atoms with Gasteiger partial charge in [0.25, 0.3) is 0 Å². The molecule has 2 fully saturated rings. The lowest BCUT2D eigenvalue weighted by Crippen LogP contribution is -2.48. The minimum absolute atomic E-state index is 0.0332. The topological polar surface area (TPSA) is 110 Å². The van der Waals surface area contributed by atoms with Crippen LogP contribution in [0.25, 0.3) is 0 Å². The van der Waals surface area contributed by atoms with Crippen molar-refractivity contribution >= 4 is 11.9 Å². The number of aliphatic hydroxyl groups excluding tert-OH is 1. The third-order valence-electron chi connectivity index (χ3n) is 6.42. The van der Waals surface area contributed by atoms with Gasteiger partial charge in [-0.25, -0.2) is 0 Å². The summed E-state index contributed by atoms with van der Waals surface area (Å²) in [5.74, 6) is -0.723. The highest BCUT2D eigenvalue weighted by Crippen LogP contribution is 2.36. The summed E-state index contributed by atoms with van der Waals surface area (Å²) in [5.41, 5.74) is 0.331. The average Bonchev–Trinajstić information content (AvgIpc) is 2.90. The van der Waals surface area contributed by atoms with Gasteiger partial charge >= 0.3 is 11.9 Å². The summed E-state index contributed by atoms with van der Waals surface area (Å²) in [4.78, 5) is 25.8. The van der Waals surface area contributed by atoms with Gasteiger partial charge in [-0.15, -0.1) is 0 Å². The highest BCUT2D eigenvalue weighted by Gasteiger charge is 2.47. The van der Waals surface area contributed by atoms with Crippen molar-refractivity contribution in [2.45, 2.75) is 32.8 Å². The summed E-state index contributed by atoms with van der Waals surface area (Å²) >= 11 is 0.